The first-order valence-corrected chi connectivity index (χ1v) is 8.23. The first-order chi connectivity index (χ1) is 10.0. The van der Waals surface area contributed by atoms with E-state index in [0.29, 0.717) is 10.0 Å². The summed E-state index contributed by atoms with van der Waals surface area (Å²) in [5, 5.41) is 13.9. The van der Waals surface area contributed by atoms with E-state index in [0.717, 1.165) is 37.7 Å². The standard InChI is InChI=1S/C16H19Cl2NO2/c17-9-1-6-12(15(18)7-9)13-8-14(13)16(21)19-10-2-4-11(20)5-3-10/h1,6-7,10-11,13-14,20H,2-5,8H2,(H,19,21). The van der Waals surface area contributed by atoms with Crippen LogP contribution in [0.5, 0.6) is 0 Å². The Kier molecular flexibility index (Phi) is 4.43. The fourth-order valence-corrected chi connectivity index (χ4v) is 3.71. The first kappa shape index (κ1) is 15.1. The van der Waals surface area contributed by atoms with Crippen LogP contribution in [0.3, 0.4) is 0 Å². The highest BCUT2D eigenvalue weighted by molar-refractivity contribution is 6.35. The Labute approximate surface area is 134 Å². The maximum absolute atomic E-state index is 12.3. The maximum Gasteiger partial charge on any atom is 0.223 e. The van der Waals surface area contributed by atoms with E-state index >= 15 is 0 Å². The van der Waals surface area contributed by atoms with Crippen LogP contribution >= 0.6 is 23.2 Å². The lowest BCUT2D eigenvalue weighted by Crippen LogP contribution is -2.39. The molecule has 2 N–H and O–H groups in total. The molecule has 1 aromatic carbocycles. The number of hydrogen-bond acceptors (Lipinski definition) is 2. The molecule has 2 aliphatic carbocycles. The van der Waals surface area contributed by atoms with Crippen LogP contribution in [0.1, 0.15) is 43.6 Å². The highest BCUT2D eigenvalue weighted by Crippen LogP contribution is 2.50. The highest BCUT2D eigenvalue weighted by atomic mass is 35.5. The second kappa shape index (κ2) is 6.15. The van der Waals surface area contributed by atoms with Gasteiger partial charge in [0, 0.05) is 22.0 Å². The Morgan fingerprint density at radius 3 is 2.57 bits per heavy atom. The number of amides is 1. The van der Waals surface area contributed by atoms with E-state index in [1.54, 1.807) is 6.07 Å². The predicted molar refractivity (Wildman–Crippen MR) is 83.7 cm³/mol. The summed E-state index contributed by atoms with van der Waals surface area (Å²) in [6, 6.07) is 5.68. The fraction of sp³-hybridized carbons (Fsp3) is 0.562. The average Bonchev–Trinajstić information content (AvgIpc) is 3.21. The molecular weight excluding hydrogens is 309 g/mol. The third kappa shape index (κ3) is 3.53. The van der Waals surface area contributed by atoms with Gasteiger partial charge >= 0.3 is 0 Å². The normalized spacial score (nSPS) is 31.8. The summed E-state index contributed by atoms with van der Waals surface area (Å²) in [7, 11) is 0. The molecule has 2 fully saturated rings. The molecule has 5 heteroatoms. The molecule has 2 saturated carbocycles. The topological polar surface area (TPSA) is 49.3 Å². The van der Waals surface area contributed by atoms with Crippen molar-refractivity contribution in [2.24, 2.45) is 5.92 Å². The smallest absolute Gasteiger partial charge is 0.223 e. The van der Waals surface area contributed by atoms with Crippen molar-refractivity contribution in [2.45, 2.75) is 50.2 Å². The van der Waals surface area contributed by atoms with Gasteiger partial charge in [-0.2, -0.15) is 0 Å². The van der Waals surface area contributed by atoms with Gasteiger partial charge in [0.25, 0.3) is 0 Å². The van der Waals surface area contributed by atoms with E-state index in [2.05, 4.69) is 5.32 Å². The van der Waals surface area contributed by atoms with Gasteiger partial charge in [0.05, 0.1) is 6.10 Å². The predicted octanol–water partition coefficient (Wildman–Crippen LogP) is 3.52. The number of aliphatic hydroxyl groups excluding tert-OH is 1. The fourth-order valence-electron chi connectivity index (χ4n) is 3.16. The molecule has 2 aliphatic rings. The van der Waals surface area contributed by atoms with Crippen LogP contribution in [-0.4, -0.2) is 23.2 Å². The molecule has 21 heavy (non-hydrogen) atoms. The molecule has 0 aliphatic heterocycles. The monoisotopic (exact) mass is 327 g/mol. The molecule has 0 spiro atoms. The van der Waals surface area contributed by atoms with Crippen molar-refractivity contribution in [2.75, 3.05) is 0 Å². The molecule has 3 nitrogen and oxygen atoms in total. The molecule has 0 radical (unpaired) electrons. The van der Waals surface area contributed by atoms with Crippen molar-refractivity contribution in [3.63, 3.8) is 0 Å². The molecule has 0 aromatic heterocycles. The van der Waals surface area contributed by atoms with Gasteiger partial charge < -0.3 is 10.4 Å². The summed E-state index contributed by atoms with van der Waals surface area (Å²) < 4.78 is 0. The van der Waals surface area contributed by atoms with Crippen molar-refractivity contribution in [3.05, 3.63) is 33.8 Å². The molecule has 0 heterocycles. The molecule has 1 amide bonds. The first-order valence-electron chi connectivity index (χ1n) is 7.48. The zero-order valence-corrected chi connectivity index (χ0v) is 13.2. The summed E-state index contributed by atoms with van der Waals surface area (Å²) in [5.74, 6) is 0.354. The lowest BCUT2D eigenvalue weighted by molar-refractivity contribution is -0.123. The molecular formula is C16H19Cl2NO2. The minimum atomic E-state index is -0.195. The minimum absolute atomic E-state index is 0.0236. The van der Waals surface area contributed by atoms with Gasteiger partial charge in [0.1, 0.15) is 0 Å². The second-order valence-electron chi connectivity index (χ2n) is 6.13. The molecule has 114 valence electrons. The zero-order chi connectivity index (χ0) is 15.0. The van der Waals surface area contributed by atoms with E-state index in [-0.39, 0.29) is 29.9 Å². The summed E-state index contributed by atoms with van der Waals surface area (Å²) in [6.07, 6.45) is 3.95. The molecule has 3 rings (SSSR count). The van der Waals surface area contributed by atoms with Crippen LogP contribution in [0.25, 0.3) is 0 Å². The van der Waals surface area contributed by atoms with Gasteiger partial charge in [-0.15, -0.1) is 0 Å². The zero-order valence-electron chi connectivity index (χ0n) is 11.7. The third-order valence-corrected chi connectivity index (χ3v) is 5.09. The van der Waals surface area contributed by atoms with Crippen LogP contribution in [0.15, 0.2) is 18.2 Å². The van der Waals surface area contributed by atoms with Gasteiger partial charge in [-0.3, -0.25) is 4.79 Å². The quantitative estimate of drug-likeness (QED) is 0.892. The number of benzene rings is 1. The highest BCUT2D eigenvalue weighted by Gasteiger charge is 2.45. The molecule has 0 saturated heterocycles. The Balaban J connectivity index is 1.56. The van der Waals surface area contributed by atoms with Gasteiger partial charge in [0.15, 0.2) is 0 Å². The molecule has 2 unspecified atom stereocenters. The maximum atomic E-state index is 12.3. The van der Waals surface area contributed by atoms with Crippen LogP contribution in [0.4, 0.5) is 0 Å². The second-order valence-corrected chi connectivity index (χ2v) is 6.97. The SMILES string of the molecule is O=C(NC1CCC(O)CC1)C1CC1c1ccc(Cl)cc1Cl. The minimum Gasteiger partial charge on any atom is -0.393 e. The van der Waals surface area contributed by atoms with Crippen LogP contribution in [-0.2, 0) is 4.79 Å². The number of hydrogen-bond donors (Lipinski definition) is 2. The van der Waals surface area contributed by atoms with Crippen molar-refractivity contribution in [3.8, 4) is 0 Å². The number of nitrogens with one attached hydrogen (secondary N) is 1. The third-order valence-electron chi connectivity index (χ3n) is 4.53. The van der Waals surface area contributed by atoms with E-state index in [9.17, 15) is 9.90 Å². The summed E-state index contributed by atoms with van der Waals surface area (Å²) in [4.78, 5) is 12.3. The largest absolute Gasteiger partial charge is 0.393 e. The van der Waals surface area contributed by atoms with E-state index in [4.69, 9.17) is 23.2 Å². The molecule has 1 aromatic rings. The van der Waals surface area contributed by atoms with Gasteiger partial charge in [0.2, 0.25) is 5.91 Å². The Hall–Kier alpha value is -0.770. The Morgan fingerprint density at radius 1 is 1.19 bits per heavy atom. The van der Waals surface area contributed by atoms with Crippen molar-refractivity contribution < 1.29 is 9.90 Å². The van der Waals surface area contributed by atoms with Gasteiger partial charge in [-0.1, -0.05) is 29.3 Å². The number of rotatable bonds is 3. The lowest BCUT2D eigenvalue weighted by atomic mass is 9.93. The van der Waals surface area contributed by atoms with Crippen molar-refractivity contribution >= 4 is 29.1 Å². The number of carbonyl (C=O) groups is 1. The lowest BCUT2D eigenvalue weighted by Gasteiger charge is -2.26. The van der Waals surface area contributed by atoms with Crippen LogP contribution < -0.4 is 5.32 Å². The Bertz CT molecular complexity index is 541. The number of carbonyl (C=O) groups excluding carboxylic acids is 1. The number of aliphatic hydroxyl groups is 1. The summed E-state index contributed by atoms with van der Waals surface area (Å²) in [5.41, 5.74) is 1.01. The molecule has 0 bridgehead atoms. The van der Waals surface area contributed by atoms with Crippen LogP contribution in [0.2, 0.25) is 10.0 Å². The van der Waals surface area contributed by atoms with Crippen LogP contribution in [0, 0.1) is 5.92 Å². The average molecular weight is 328 g/mol. The summed E-state index contributed by atoms with van der Waals surface area (Å²) in [6.45, 7) is 0. The van der Waals surface area contributed by atoms with E-state index < -0.39 is 0 Å². The number of halogens is 2. The Morgan fingerprint density at radius 2 is 1.90 bits per heavy atom. The van der Waals surface area contributed by atoms with Gasteiger partial charge in [-0.25, -0.2) is 0 Å². The van der Waals surface area contributed by atoms with E-state index in [1.807, 2.05) is 12.1 Å². The summed E-state index contributed by atoms with van der Waals surface area (Å²) >= 11 is 12.1. The van der Waals surface area contributed by atoms with Crippen molar-refractivity contribution in [1.29, 1.82) is 0 Å². The van der Waals surface area contributed by atoms with Gasteiger partial charge in [-0.05, 0) is 55.7 Å². The van der Waals surface area contributed by atoms with E-state index in [1.165, 1.54) is 0 Å². The van der Waals surface area contributed by atoms with Crippen molar-refractivity contribution in [1.82, 2.24) is 5.32 Å². The molecule has 2 atom stereocenters.